The van der Waals surface area contributed by atoms with Crippen molar-refractivity contribution in [2.24, 2.45) is 0 Å². The van der Waals surface area contributed by atoms with E-state index in [1.165, 1.54) is 13.2 Å². The lowest BCUT2D eigenvalue weighted by atomic mass is 10.2. The summed E-state index contributed by atoms with van der Waals surface area (Å²) in [6.07, 6.45) is 3.18. The third-order valence-electron chi connectivity index (χ3n) is 3.39. The quantitative estimate of drug-likeness (QED) is 0.582. The average Bonchev–Trinajstić information content (AvgIpc) is 2.68. The second kappa shape index (κ2) is 7.35. The minimum absolute atomic E-state index is 0.00956. The van der Waals surface area contributed by atoms with Crippen LogP contribution in [0.1, 0.15) is 21.9 Å². The van der Waals surface area contributed by atoms with Crippen molar-refractivity contribution in [2.45, 2.75) is 0 Å². The standard InChI is InChI=1S/C19H15N3O3/c1-25-19(24)17-10-5-8-15(22-17)14-7-4-9-16(21-14)18(23)12-13-6-2-3-11-20-13/h2-12,23H,1H3/b18-12-. The van der Waals surface area contributed by atoms with Crippen LogP contribution >= 0.6 is 0 Å². The average molecular weight is 333 g/mol. The van der Waals surface area contributed by atoms with Crippen LogP contribution in [0.5, 0.6) is 0 Å². The molecule has 0 radical (unpaired) electrons. The summed E-state index contributed by atoms with van der Waals surface area (Å²) in [4.78, 5) is 24.4. The minimum Gasteiger partial charge on any atom is -0.506 e. The zero-order valence-electron chi connectivity index (χ0n) is 13.5. The molecular formula is C19H15N3O3. The Bertz CT molecular complexity index is 924. The van der Waals surface area contributed by atoms with E-state index >= 15 is 0 Å². The number of rotatable bonds is 4. The highest BCUT2D eigenvalue weighted by atomic mass is 16.5. The zero-order chi connectivity index (χ0) is 17.6. The third-order valence-corrected chi connectivity index (χ3v) is 3.39. The van der Waals surface area contributed by atoms with Gasteiger partial charge in [0.25, 0.3) is 0 Å². The highest BCUT2D eigenvalue weighted by molar-refractivity contribution is 5.87. The fourth-order valence-corrected chi connectivity index (χ4v) is 2.19. The van der Waals surface area contributed by atoms with Crippen LogP contribution in [-0.4, -0.2) is 33.1 Å². The lowest BCUT2D eigenvalue weighted by molar-refractivity contribution is 0.0594. The molecule has 0 saturated carbocycles. The van der Waals surface area contributed by atoms with E-state index in [4.69, 9.17) is 0 Å². The summed E-state index contributed by atoms with van der Waals surface area (Å²) in [6.45, 7) is 0. The van der Waals surface area contributed by atoms with Crippen molar-refractivity contribution in [3.8, 4) is 11.4 Å². The van der Waals surface area contributed by atoms with Crippen molar-refractivity contribution >= 4 is 17.8 Å². The smallest absolute Gasteiger partial charge is 0.356 e. The first kappa shape index (κ1) is 16.3. The van der Waals surface area contributed by atoms with E-state index in [9.17, 15) is 9.90 Å². The summed E-state index contributed by atoms with van der Waals surface area (Å²) >= 11 is 0. The molecule has 124 valence electrons. The fraction of sp³-hybridized carbons (Fsp3) is 0.0526. The number of hydrogen-bond acceptors (Lipinski definition) is 6. The first-order chi connectivity index (χ1) is 12.2. The van der Waals surface area contributed by atoms with Crippen LogP contribution in [0.4, 0.5) is 0 Å². The van der Waals surface area contributed by atoms with Crippen molar-refractivity contribution < 1.29 is 14.6 Å². The summed E-state index contributed by atoms with van der Waals surface area (Å²) in [7, 11) is 1.30. The van der Waals surface area contributed by atoms with Gasteiger partial charge in [0.2, 0.25) is 0 Å². The number of ether oxygens (including phenoxy) is 1. The lowest BCUT2D eigenvalue weighted by Crippen LogP contribution is -2.05. The monoisotopic (exact) mass is 333 g/mol. The van der Waals surface area contributed by atoms with Gasteiger partial charge in [-0.2, -0.15) is 0 Å². The van der Waals surface area contributed by atoms with Gasteiger partial charge in [0.1, 0.15) is 17.1 Å². The number of methoxy groups -OCH3 is 1. The van der Waals surface area contributed by atoms with Crippen molar-refractivity contribution in [3.05, 3.63) is 77.9 Å². The number of aromatic nitrogens is 3. The van der Waals surface area contributed by atoms with Gasteiger partial charge in [0.05, 0.1) is 24.2 Å². The molecule has 0 saturated heterocycles. The topological polar surface area (TPSA) is 85.2 Å². The minimum atomic E-state index is -0.518. The maximum atomic E-state index is 11.6. The molecule has 0 bridgehead atoms. The molecule has 0 aliphatic carbocycles. The number of aliphatic hydroxyl groups is 1. The van der Waals surface area contributed by atoms with Crippen molar-refractivity contribution in [1.82, 2.24) is 15.0 Å². The van der Waals surface area contributed by atoms with Gasteiger partial charge in [-0.1, -0.05) is 18.2 Å². The molecule has 0 spiro atoms. The van der Waals surface area contributed by atoms with Crippen LogP contribution in [0.25, 0.3) is 23.2 Å². The predicted molar refractivity (Wildman–Crippen MR) is 93.5 cm³/mol. The second-order valence-electron chi connectivity index (χ2n) is 5.09. The zero-order valence-corrected chi connectivity index (χ0v) is 13.5. The molecule has 0 aliphatic rings. The van der Waals surface area contributed by atoms with Crippen molar-refractivity contribution in [2.75, 3.05) is 7.11 Å². The number of nitrogens with zero attached hydrogens (tertiary/aromatic N) is 3. The Morgan fingerprint density at radius 2 is 1.64 bits per heavy atom. The van der Waals surface area contributed by atoms with Gasteiger partial charge in [-0.25, -0.2) is 14.8 Å². The molecular weight excluding hydrogens is 318 g/mol. The molecule has 25 heavy (non-hydrogen) atoms. The van der Waals surface area contributed by atoms with Crippen LogP contribution < -0.4 is 0 Å². The van der Waals surface area contributed by atoms with Gasteiger partial charge in [0, 0.05) is 12.3 Å². The van der Waals surface area contributed by atoms with Gasteiger partial charge in [-0.05, 0) is 36.4 Å². The molecule has 1 N–H and O–H groups in total. The summed E-state index contributed by atoms with van der Waals surface area (Å²) in [5, 5.41) is 10.3. The maximum Gasteiger partial charge on any atom is 0.356 e. The highest BCUT2D eigenvalue weighted by Crippen LogP contribution is 2.19. The van der Waals surface area contributed by atoms with Crippen LogP contribution in [0.3, 0.4) is 0 Å². The summed E-state index contributed by atoms with van der Waals surface area (Å²) < 4.78 is 4.68. The van der Waals surface area contributed by atoms with E-state index in [0.717, 1.165) is 0 Å². The van der Waals surface area contributed by atoms with Crippen LogP contribution in [0.2, 0.25) is 0 Å². The van der Waals surface area contributed by atoms with E-state index < -0.39 is 5.97 Å². The second-order valence-corrected chi connectivity index (χ2v) is 5.09. The molecule has 3 rings (SSSR count). The number of carbonyl (C=O) groups excluding carboxylic acids is 1. The molecule has 0 aliphatic heterocycles. The molecule has 0 fully saturated rings. The molecule has 6 heteroatoms. The number of esters is 1. The van der Waals surface area contributed by atoms with Gasteiger partial charge in [-0.15, -0.1) is 0 Å². The van der Waals surface area contributed by atoms with E-state index in [1.54, 1.807) is 54.7 Å². The van der Waals surface area contributed by atoms with E-state index in [2.05, 4.69) is 19.7 Å². The summed E-state index contributed by atoms with van der Waals surface area (Å²) in [5.41, 5.74) is 2.24. The highest BCUT2D eigenvalue weighted by Gasteiger charge is 2.10. The van der Waals surface area contributed by atoms with E-state index in [-0.39, 0.29) is 11.5 Å². The molecule has 0 aromatic carbocycles. The summed E-state index contributed by atoms with van der Waals surface area (Å²) in [5.74, 6) is -0.527. The third kappa shape index (κ3) is 3.87. The predicted octanol–water partition coefficient (Wildman–Crippen LogP) is 3.38. The molecule has 0 atom stereocenters. The number of carbonyl (C=O) groups is 1. The van der Waals surface area contributed by atoms with Gasteiger partial charge in [-0.3, -0.25) is 4.98 Å². The van der Waals surface area contributed by atoms with Gasteiger partial charge < -0.3 is 9.84 Å². The summed E-state index contributed by atoms with van der Waals surface area (Å²) in [6, 6.07) is 15.6. The van der Waals surface area contributed by atoms with Crippen molar-refractivity contribution in [3.63, 3.8) is 0 Å². The Morgan fingerprint density at radius 1 is 0.960 bits per heavy atom. The van der Waals surface area contributed by atoms with Crippen LogP contribution in [0, 0.1) is 0 Å². The van der Waals surface area contributed by atoms with Crippen molar-refractivity contribution in [1.29, 1.82) is 0 Å². The Kier molecular flexibility index (Phi) is 4.80. The van der Waals surface area contributed by atoms with E-state index in [1.807, 2.05) is 6.07 Å². The lowest BCUT2D eigenvalue weighted by Gasteiger charge is -2.05. The molecule has 3 heterocycles. The Morgan fingerprint density at radius 3 is 2.28 bits per heavy atom. The Hall–Kier alpha value is -3.54. The SMILES string of the molecule is COC(=O)c1cccc(-c2cccc(/C(O)=C/c3ccccn3)n2)n1. The van der Waals surface area contributed by atoms with E-state index in [0.29, 0.717) is 22.8 Å². The Labute approximate surface area is 144 Å². The van der Waals surface area contributed by atoms with Gasteiger partial charge >= 0.3 is 5.97 Å². The first-order valence-corrected chi connectivity index (χ1v) is 7.52. The molecule has 6 nitrogen and oxygen atoms in total. The van der Waals surface area contributed by atoms with Gasteiger partial charge in [0.15, 0.2) is 0 Å². The van der Waals surface area contributed by atoms with Crippen LogP contribution in [0.15, 0.2) is 60.8 Å². The molecule has 3 aromatic heterocycles. The number of aliphatic hydroxyl groups excluding tert-OH is 1. The first-order valence-electron chi connectivity index (χ1n) is 7.52. The fourth-order valence-electron chi connectivity index (χ4n) is 2.19. The number of hydrogen-bond donors (Lipinski definition) is 1. The largest absolute Gasteiger partial charge is 0.506 e. The maximum absolute atomic E-state index is 11.6. The van der Waals surface area contributed by atoms with Crippen LogP contribution in [-0.2, 0) is 4.74 Å². The normalized spacial score (nSPS) is 11.2. The molecule has 3 aromatic rings. The number of pyridine rings is 3. The Balaban J connectivity index is 1.94. The molecule has 0 amide bonds. The molecule has 0 unspecified atom stereocenters.